The van der Waals surface area contributed by atoms with Gasteiger partial charge >= 0.3 is 0 Å². The van der Waals surface area contributed by atoms with Crippen molar-refractivity contribution in [1.29, 1.82) is 0 Å². The minimum atomic E-state index is 0.295. The lowest BCUT2D eigenvalue weighted by molar-refractivity contribution is -0.0174. The predicted octanol–water partition coefficient (Wildman–Crippen LogP) is 2.43. The maximum atomic E-state index is 10.5. The molecule has 1 heterocycles. The molecule has 0 aromatic rings. The van der Waals surface area contributed by atoms with E-state index in [9.17, 15) is 4.91 Å². The standard InChI is InChI=1S/C10H18N2O/c1-9(2)8-4-5-10(9,3)7-12(6-8)11-13/h8H,4-7H2,1-3H3/t8-,10+/m1/s1. The molecule has 0 radical (unpaired) electrons. The number of hydrogen-bond acceptors (Lipinski definition) is 2. The van der Waals surface area contributed by atoms with Gasteiger partial charge in [0.15, 0.2) is 0 Å². The molecule has 3 heteroatoms. The van der Waals surface area contributed by atoms with Gasteiger partial charge in [0.2, 0.25) is 0 Å². The van der Waals surface area contributed by atoms with Gasteiger partial charge in [-0.25, -0.2) is 0 Å². The average Bonchev–Trinajstić information content (AvgIpc) is 2.27. The van der Waals surface area contributed by atoms with Crippen molar-refractivity contribution in [2.75, 3.05) is 13.1 Å². The highest BCUT2D eigenvalue weighted by molar-refractivity contribution is 5.05. The number of rotatable bonds is 1. The summed E-state index contributed by atoms with van der Waals surface area (Å²) in [5, 5.41) is 4.79. The fourth-order valence-corrected chi connectivity index (χ4v) is 3.05. The molecular formula is C10H18N2O. The molecule has 2 fully saturated rings. The fourth-order valence-electron chi connectivity index (χ4n) is 3.05. The molecule has 13 heavy (non-hydrogen) atoms. The van der Waals surface area contributed by atoms with E-state index in [1.807, 2.05) is 0 Å². The Morgan fingerprint density at radius 1 is 1.38 bits per heavy atom. The van der Waals surface area contributed by atoms with Gasteiger partial charge in [-0.2, -0.15) is 0 Å². The quantitative estimate of drug-likeness (QED) is 0.583. The van der Waals surface area contributed by atoms with Gasteiger partial charge in [-0.1, -0.05) is 20.8 Å². The summed E-state index contributed by atoms with van der Waals surface area (Å²) in [6, 6.07) is 0. The van der Waals surface area contributed by atoms with Crippen LogP contribution in [0, 0.1) is 21.7 Å². The lowest BCUT2D eigenvalue weighted by atomic mass is 9.63. The van der Waals surface area contributed by atoms with Gasteiger partial charge in [-0.3, -0.25) is 5.01 Å². The lowest BCUT2D eigenvalue weighted by Crippen LogP contribution is -2.50. The van der Waals surface area contributed by atoms with Crippen molar-refractivity contribution in [3.63, 3.8) is 0 Å². The Kier molecular flexibility index (Phi) is 1.70. The Balaban J connectivity index is 2.29. The molecule has 74 valence electrons. The van der Waals surface area contributed by atoms with Crippen molar-refractivity contribution in [2.24, 2.45) is 22.0 Å². The van der Waals surface area contributed by atoms with Crippen LogP contribution in [-0.2, 0) is 0 Å². The van der Waals surface area contributed by atoms with Gasteiger partial charge < -0.3 is 0 Å². The maximum absolute atomic E-state index is 10.5. The molecule has 1 aliphatic heterocycles. The summed E-state index contributed by atoms with van der Waals surface area (Å²) in [5.74, 6) is 0.656. The van der Waals surface area contributed by atoms with Gasteiger partial charge in [0.05, 0.1) is 5.29 Å². The lowest BCUT2D eigenvalue weighted by Gasteiger charge is -2.48. The fraction of sp³-hybridized carbons (Fsp3) is 1.00. The highest BCUT2D eigenvalue weighted by atomic mass is 16.3. The first-order valence-corrected chi connectivity index (χ1v) is 5.08. The minimum Gasteiger partial charge on any atom is -0.260 e. The third kappa shape index (κ3) is 1.02. The molecule has 0 amide bonds. The third-order valence-electron chi connectivity index (χ3n) is 4.70. The number of nitrogens with zero attached hydrogens (tertiary/aromatic N) is 2. The average molecular weight is 182 g/mol. The Bertz CT molecular complexity index is 239. The molecule has 2 aliphatic rings. The molecule has 3 nitrogen and oxygen atoms in total. The van der Waals surface area contributed by atoms with Gasteiger partial charge in [0, 0.05) is 13.1 Å². The Hall–Kier alpha value is -0.600. The molecule has 2 bridgehead atoms. The normalized spacial score (nSPS) is 42.1. The van der Waals surface area contributed by atoms with E-state index in [1.54, 1.807) is 5.01 Å². The second kappa shape index (κ2) is 2.46. The van der Waals surface area contributed by atoms with Gasteiger partial charge in [-0.15, -0.1) is 4.91 Å². The maximum Gasteiger partial charge on any atom is 0.0524 e. The molecule has 0 aromatic heterocycles. The summed E-state index contributed by atoms with van der Waals surface area (Å²) in [7, 11) is 0. The number of hydrogen-bond donors (Lipinski definition) is 0. The van der Waals surface area contributed by atoms with Crippen LogP contribution in [0.3, 0.4) is 0 Å². The number of piperidine rings is 1. The molecule has 0 spiro atoms. The van der Waals surface area contributed by atoms with Gasteiger partial charge in [0.1, 0.15) is 0 Å². The van der Waals surface area contributed by atoms with Crippen LogP contribution in [0.2, 0.25) is 0 Å². The van der Waals surface area contributed by atoms with E-state index >= 15 is 0 Å². The van der Waals surface area contributed by atoms with Gasteiger partial charge in [0.25, 0.3) is 0 Å². The monoisotopic (exact) mass is 182 g/mol. The van der Waals surface area contributed by atoms with E-state index in [2.05, 4.69) is 26.1 Å². The Labute approximate surface area is 79.4 Å². The molecule has 0 N–H and O–H groups in total. The van der Waals surface area contributed by atoms with E-state index < -0.39 is 0 Å². The van der Waals surface area contributed by atoms with E-state index in [0.717, 1.165) is 13.1 Å². The zero-order valence-electron chi connectivity index (χ0n) is 8.71. The zero-order chi connectivity index (χ0) is 9.69. The van der Waals surface area contributed by atoms with Crippen molar-refractivity contribution in [2.45, 2.75) is 33.6 Å². The van der Waals surface area contributed by atoms with Crippen LogP contribution < -0.4 is 0 Å². The van der Waals surface area contributed by atoms with Crippen molar-refractivity contribution < 1.29 is 0 Å². The van der Waals surface area contributed by atoms with Crippen molar-refractivity contribution in [1.82, 2.24) is 5.01 Å². The van der Waals surface area contributed by atoms with Crippen molar-refractivity contribution in [3.05, 3.63) is 4.91 Å². The highest BCUT2D eigenvalue weighted by Gasteiger charge is 2.55. The smallest absolute Gasteiger partial charge is 0.0524 e. The van der Waals surface area contributed by atoms with Crippen LogP contribution in [0.1, 0.15) is 33.6 Å². The molecule has 0 unspecified atom stereocenters. The summed E-state index contributed by atoms with van der Waals surface area (Å²) >= 11 is 0. The SMILES string of the molecule is CC1(C)[C@@H]2CC[C@@]1(C)CN(N=O)C2. The van der Waals surface area contributed by atoms with Crippen LogP contribution in [0.25, 0.3) is 0 Å². The molecule has 1 saturated carbocycles. The molecule has 1 saturated heterocycles. The summed E-state index contributed by atoms with van der Waals surface area (Å²) in [6.07, 6.45) is 2.51. The van der Waals surface area contributed by atoms with Crippen LogP contribution in [0.4, 0.5) is 0 Å². The highest BCUT2D eigenvalue weighted by Crippen LogP contribution is 2.58. The number of nitroso groups, excluding NO2 is 1. The van der Waals surface area contributed by atoms with E-state index in [0.29, 0.717) is 16.7 Å². The zero-order valence-corrected chi connectivity index (χ0v) is 8.71. The molecule has 2 rings (SSSR count). The van der Waals surface area contributed by atoms with Crippen molar-refractivity contribution in [3.8, 4) is 0 Å². The largest absolute Gasteiger partial charge is 0.260 e. The predicted molar refractivity (Wildman–Crippen MR) is 52.0 cm³/mol. The molecule has 0 aromatic carbocycles. The Morgan fingerprint density at radius 2 is 2.08 bits per heavy atom. The van der Waals surface area contributed by atoms with Crippen LogP contribution >= 0.6 is 0 Å². The summed E-state index contributed by atoms with van der Waals surface area (Å²) < 4.78 is 0. The minimum absolute atomic E-state index is 0.295. The Morgan fingerprint density at radius 3 is 2.62 bits per heavy atom. The first-order chi connectivity index (χ1) is 5.99. The van der Waals surface area contributed by atoms with Crippen molar-refractivity contribution >= 4 is 0 Å². The summed E-state index contributed by atoms with van der Waals surface area (Å²) in [6.45, 7) is 8.69. The van der Waals surface area contributed by atoms with Gasteiger partial charge in [-0.05, 0) is 29.6 Å². The number of fused-ring (bicyclic) bond motifs is 2. The van der Waals surface area contributed by atoms with Crippen LogP contribution in [-0.4, -0.2) is 18.1 Å². The topological polar surface area (TPSA) is 32.7 Å². The van der Waals surface area contributed by atoms with Crippen LogP contribution in [0.5, 0.6) is 0 Å². The van der Waals surface area contributed by atoms with Crippen LogP contribution in [0.15, 0.2) is 5.29 Å². The molecule has 2 atom stereocenters. The molecular weight excluding hydrogens is 164 g/mol. The summed E-state index contributed by atoms with van der Waals surface area (Å²) in [4.78, 5) is 10.5. The second-order valence-corrected chi connectivity index (χ2v) is 5.45. The summed E-state index contributed by atoms with van der Waals surface area (Å²) in [5.41, 5.74) is 0.679. The second-order valence-electron chi connectivity index (χ2n) is 5.45. The van der Waals surface area contributed by atoms with E-state index in [-0.39, 0.29) is 0 Å². The van der Waals surface area contributed by atoms with E-state index in [4.69, 9.17) is 0 Å². The molecule has 1 aliphatic carbocycles. The van der Waals surface area contributed by atoms with E-state index in [1.165, 1.54) is 12.8 Å². The first-order valence-electron chi connectivity index (χ1n) is 5.08. The first kappa shape index (κ1) is 8.97. The third-order valence-corrected chi connectivity index (χ3v) is 4.70.